The molecule has 0 aliphatic heterocycles. The highest BCUT2D eigenvalue weighted by atomic mass is 32.2. The number of carbonyl (C=O) groups excluding carboxylic acids is 2. The highest BCUT2D eigenvalue weighted by Gasteiger charge is 2.18. The van der Waals surface area contributed by atoms with Crippen LogP contribution in [-0.2, 0) is 26.0 Å². The molecule has 0 bridgehead atoms. The highest BCUT2D eigenvalue weighted by Crippen LogP contribution is 2.26. The maximum absolute atomic E-state index is 12.3. The quantitative estimate of drug-likeness (QED) is 0.335. The number of rotatable bonds is 10. The Morgan fingerprint density at radius 3 is 2.31 bits per heavy atom. The molecule has 12 nitrogen and oxygen atoms in total. The molecule has 0 fully saturated rings. The number of anilines is 3. The number of nitrogens with one attached hydrogen (secondary N) is 2. The maximum Gasteiger partial charge on any atom is 0.357 e. The van der Waals surface area contributed by atoms with Crippen molar-refractivity contribution in [2.45, 2.75) is 32.2 Å². The minimum absolute atomic E-state index is 0.000276. The van der Waals surface area contributed by atoms with E-state index in [1.165, 1.54) is 18.2 Å². The van der Waals surface area contributed by atoms with Gasteiger partial charge in [-0.05, 0) is 38.5 Å². The van der Waals surface area contributed by atoms with Crippen LogP contribution in [0.2, 0.25) is 0 Å². The van der Waals surface area contributed by atoms with Crippen molar-refractivity contribution in [2.24, 2.45) is 5.14 Å². The van der Waals surface area contributed by atoms with Crippen molar-refractivity contribution >= 4 is 50.2 Å². The topological polar surface area (TPSA) is 175 Å². The van der Waals surface area contributed by atoms with E-state index < -0.39 is 22.0 Å². The zero-order chi connectivity index (χ0) is 25.6. The van der Waals surface area contributed by atoms with Crippen molar-refractivity contribution in [1.82, 2.24) is 15.0 Å². The number of carbonyl (C=O) groups is 2. The van der Waals surface area contributed by atoms with Crippen LogP contribution in [0.5, 0.6) is 0 Å². The molecular weight excluding hydrogens is 496 g/mol. The van der Waals surface area contributed by atoms with Crippen LogP contribution in [0, 0.1) is 6.92 Å². The van der Waals surface area contributed by atoms with Gasteiger partial charge in [0.25, 0.3) is 0 Å². The average molecular weight is 521 g/mol. The molecular formula is C21H24N6O6S2. The SMILES string of the molecule is CCOC(=O)c1cc(NCc2ccc(S(N)(=O)=O)cc2)nc(Nc2nc(C)c(C(=O)OCC)s2)n1. The van der Waals surface area contributed by atoms with Gasteiger partial charge in [0.15, 0.2) is 10.8 Å². The number of nitrogens with zero attached hydrogens (tertiary/aromatic N) is 3. The molecule has 3 aromatic rings. The minimum Gasteiger partial charge on any atom is -0.462 e. The molecule has 0 saturated carbocycles. The molecule has 0 amide bonds. The molecule has 35 heavy (non-hydrogen) atoms. The van der Waals surface area contributed by atoms with Gasteiger partial charge in [-0.3, -0.25) is 5.32 Å². The number of aryl methyl sites for hydroxylation is 1. The molecule has 1 aromatic carbocycles. The molecule has 186 valence electrons. The number of aromatic nitrogens is 3. The summed E-state index contributed by atoms with van der Waals surface area (Å²) in [7, 11) is -3.79. The summed E-state index contributed by atoms with van der Waals surface area (Å²) in [5.41, 5.74) is 1.24. The van der Waals surface area contributed by atoms with E-state index in [0.29, 0.717) is 21.5 Å². The number of hydrogen-bond acceptors (Lipinski definition) is 12. The smallest absolute Gasteiger partial charge is 0.357 e. The summed E-state index contributed by atoms with van der Waals surface area (Å²) in [6, 6.07) is 7.44. The van der Waals surface area contributed by atoms with E-state index in [2.05, 4.69) is 25.6 Å². The van der Waals surface area contributed by atoms with Crippen LogP contribution in [0.1, 0.15) is 45.3 Å². The zero-order valence-corrected chi connectivity index (χ0v) is 20.8. The first-order chi connectivity index (χ1) is 16.6. The summed E-state index contributed by atoms with van der Waals surface area (Å²) in [5.74, 6) is -0.750. The molecule has 0 saturated heterocycles. The summed E-state index contributed by atoms with van der Waals surface area (Å²) < 4.78 is 32.9. The normalized spacial score (nSPS) is 11.1. The van der Waals surface area contributed by atoms with Gasteiger partial charge in [0.2, 0.25) is 16.0 Å². The molecule has 0 radical (unpaired) electrons. The molecule has 0 unspecified atom stereocenters. The number of hydrogen-bond donors (Lipinski definition) is 3. The monoisotopic (exact) mass is 520 g/mol. The zero-order valence-electron chi connectivity index (χ0n) is 19.2. The van der Waals surface area contributed by atoms with Crippen molar-refractivity contribution in [3.05, 3.63) is 52.2 Å². The fourth-order valence-electron chi connectivity index (χ4n) is 2.82. The Kier molecular flexibility index (Phi) is 8.32. The number of nitrogens with two attached hydrogens (primary N) is 1. The third-order valence-electron chi connectivity index (χ3n) is 4.41. The summed E-state index contributed by atoms with van der Waals surface area (Å²) in [6.07, 6.45) is 0. The van der Waals surface area contributed by atoms with Gasteiger partial charge in [-0.25, -0.2) is 33.1 Å². The third kappa shape index (κ3) is 6.94. The largest absolute Gasteiger partial charge is 0.462 e. The van der Waals surface area contributed by atoms with Gasteiger partial charge >= 0.3 is 11.9 Å². The van der Waals surface area contributed by atoms with Crippen LogP contribution < -0.4 is 15.8 Å². The van der Waals surface area contributed by atoms with Gasteiger partial charge in [-0.1, -0.05) is 23.5 Å². The van der Waals surface area contributed by atoms with Gasteiger partial charge in [0.05, 0.1) is 23.8 Å². The first kappa shape index (κ1) is 26.0. The minimum atomic E-state index is -3.79. The molecule has 0 aliphatic carbocycles. The number of sulfonamides is 1. The fraction of sp³-hybridized carbons (Fsp3) is 0.286. The lowest BCUT2D eigenvalue weighted by molar-refractivity contribution is 0.0514. The van der Waals surface area contributed by atoms with Crippen LogP contribution in [0.15, 0.2) is 35.2 Å². The Morgan fingerprint density at radius 2 is 1.69 bits per heavy atom. The van der Waals surface area contributed by atoms with Crippen LogP contribution >= 0.6 is 11.3 Å². The number of ether oxygens (including phenoxy) is 2. The second kappa shape index (κ2) is 11.2. The van der Waals surface area contributed by atoms with E-state index in [4.69, 9.17) is 14.6 Å². The number of esters is 2. The number of thiazole rings is 1. The summed E-state index contributed by atoms with van der Waals surface area (Å²) in [6.45, 7) is 5.75. The summed E-state index contributed by atoms with van der Waals surface area (Å²) in [4.78, 5) is 37.6. The molecule has 2 aromatic heterocycles. The molecule has 4 N–H and O–H groups in total. The molecule has 3 rings (SSSR count). The lowest BCUT2D eigenvalue weighted by atomic mass is 10.2. The van der Waals surface area contributed by atoms with Gasteiger partial charge in [0.1, 0.15) is 10.7 Å². The molecule has 14 heteroatoms. The standard InChI is InChI=1S/C21H24N6O6S2/c1-4-32-18(28)15-10-16(23-11-13-6-8-14(9-7-13)35(22,30)31)26-20(25-15)27-21-24-12(3)17(34-21)19(29)33-5-2/h6-10H,4-5,11H2,1-3H3,(H2,22,30,31)(H2,23,24,25,26,27). The first-order valence-electron chi connectivity index (χ1n) is 10.4. The van der Waals surface area contributed by atoms with E-state index in [-0.39, 0.29) is 36.3 Å². The first-order valence-corrected chi connectivity index (χ1v) is 12.8. The lowest BCUT2D eigenvalue weighted by Crippen LogP contribution is -2.13. The summed E-state index contributed by atoms with van der Waals surface area (Å²) >= 11 is 1.07. The molecule has 0 atom stereocenters. The van der Waals surface area contributed by atoms with Crippen molar-refractivity contribution in [1.29, 1.82) is 0 Å². The van der Waals surface area contributed by atoms with E-state index in [1.54, 1.807) is 32.9 Å². The fourth-order valence-corrected chi connectivity index (χ4v) is 4.19. The van der Waals surface area contributed by atoms with Crippen molar-refractivity contribution in [3.63, 3.8) is 0 Å². The Morgan fingerprint density at radius 1 is 1.03 bits per heavy atom. The number of benzene rings is 1. The van der Waals surface area contributed by atoms with Crippen LogP contribution in [-0.4, -0.2) is 48.5 Å². The van der Waals surface area contributed by atoms with Crippen LogP contribution in [0.3, 0.4) is 0 Å². The van der Waals surface area contributed by atoms with E-state index in [1.807, 2.05) is 0 Å². The second-order valence-electron chi connectivity index (χ2n) is 7.00. The Hall–Kier alpha value is -3.62. The van der Waals surface area contributed by atoms with Crippen molar-refractivity contribution in [2.75, 3.05) is 23.8 Å². The molecule has 0 aliphatic rings. The third-order valence-corrected chi connectivity index (χ3v) is 6.39. The van der Waals surface area contributed by atoms with E-state index in [9.17, 15) is 18.0 Å². The summed E-state index contributed by atoms with van der Waals surface area (Å²) in [5, 5.41) is 11.4. The van der Waals surface area contributed by atoms with Crippen molar-refractivity contribution < 1.29 is 27.5 Å². The highest BCUT2D eigenvalue weighted by molar-refractivity contribution is 7.89. The van der Waals surface area contributed by atoms with Gasteiger partial charge in [0, 0.05) is 12.6 Å². The van der Waals surface area contributed by atoms with Gasteiger partial charge < -0.3 is 14.8 Å². The molecule has 2 heterocycles. The van der Waals surface area contributed by atoms with Crippen LogP contribution in [0.25, 0.3) is 0 Å². The lowest BCUT2D eigenvalue weighted by Gasteiger charge is -2.10. The Balaban J connectivity index is 1.83. The Bertz CT molecular complexity index is 1320. The number of primary sulfonamides is 1. The van der Waals surface area contributed by atoms with Gasteiger partial charge in [-0.15, -0.1) is 0 Å². The maximum atomic E-state index is 12.3. The van der Waals surface area contributed by atoms with Crippen molar-refractivity contribution in [3.8, 4) is 0 Å². The molecule has 0 spiro atoms. The van der Waals surface area contributed by atoms with E-state index >= 15 is 0 Å². The average Bonchev–Trinajstić information content (AvgIpc) is 3.17. The van der Waals surface area contributed by atoms with E-state index in [0.717, 1.165) is 16.9 Å². The van der Waals surface area contributed by atoms with Gasteiger partial charge in [-0.2, -0.15) is 4.98 Å². The predicted molar refractivity (Wildman–Crippen MR) is 129 cm³/mol. The predicted octanol–water partition coefficient (Wildman–Crippen LogP) is 2.60. The van der Waals surface area contributed by atoms with Crippen LogP contribution in [0.4, 0.5) is 16.9 Å². The Labute approximate surface area is 206 Å². The second-order valence-corrected chi connectivity index (χ2v) is 9.56.